The molecule has 0 radical (unpaired) electrons. The second-order valence-electron chi connectivity index (χ2n) is 4.11. The number of nitrogens with one attached hydrogen (secondary N) is 1. The first-order valence-corrected chi connectivity index (χ1v) is 5.78. The summed E-state index contributed by atoms with van der Waals surface area (Å²) < 4.78 is 28.0. The second-order valence-corrected chi connectivity index (χ2v) is 4.11. The van der Waals surface area contributed by atoms with Gasteiger partial charge in [0.05, 0.1) is 0 Å². The highest BCUT2D eigenvalue weighted by Gasteiger charge is 2.03. The van der Waals surface area contributed by atoms with Gasteiger partial charge in [0, 0.05) is 44.0 Å². The molecule has 0 fully saturated rings. The predicted molar refractivity (Wildman–Crippen MR) is 65.0 cm³/mol. The van der Waals surface area contributed by atoms with Gasteiger partial charge in [-0.05, 0) is 24.3 Å². The number of nitrogens with zero attached hydrogens (tertiary/aromatic N) is 2. The van der Waals surface area contributed by atoms with E-state index in [9.17, 15) is 8.78 Å². The van der Waals surface area contributed by atoms with Crippen LogP contribution in [0.2, 0.25) is 0 Å². The molecule has 18 heavy (non-hydrogen) atoms. The van der Waals surface area contributed by atoms with Crippen molar-refractivity contribution in [1.29, 1.82) is 0 Å². The average molecular weight is 251 g/mol. The summed E-state index contributed by atoms with van der Waals surface area (Å²) >= 11 is 0. The monoisotopic (exact) mass is 251 g/mol. The highest BCUT2D eigenvalue weighted by atomic mass is 19.1. The van der Waals surface area contributed by atoms with E-state index in [1.807, 2.05) is 13.1 Å². The van der Waals surface area contributed by atoms with Crippen molar-refractivity contribution in [2.45, 2.75) is 13.0 Å². The van der Waals surface area contributed by atoms with Gasteiger partial charge in [-0.15, -0.1) is 0 Å². The standard InChI is InChI=1S/C13H15F2N3/c1-18-12(5-7-17-18)4-6-16-9-10-8-11(14)2-3-13(10)15/h2-3,5,7-8,16H,4,6,9H2,1H3. The van der Waals surface area contributed by atoms with Gasteiger partial charge < -0.3 is 5.32 Å². The molecule has 0 saturated heterocycles. The lowest BCUT2D eigenvalue weighted by Gasteiger charge is -2.06. The quantitative estimate of drug-likeness (QED) is 0.824. The van der Waals surface area contributed by atoms with Crippen LogP contribution in [0.25, 0.3) is 0 Å². The van der Waals surface area contributed by atoms with Gasteiger partial charge in [0.1, 0.15) is 11.6 Å². The van der Waals surface area contributed by atoms with E-state index in [0.717, 1.165) is 24.2 Å². The van der Waals surface area contributed by atoms with Crippen molar-refractivity contribution in [3.8, 4) is 0 Å². The molecule has 0 atom stereocenters. The van der Waals surface area contributed by atoms with Crippen molar-refractivity contribution in [3.63, 3.8) is 0 Å². The van der Waals surface area contributed by atoms with Gasteiger partial charge in [0.15, 0.2) is 0 Å². The van der Waals surface area contributed by atoms with Crippen LogP contribution >= 0.6 is 0 Å². The first kappa shape index (κ1) is 12.7. The minimum atomic E-state index is -0.417. The van der Waals surface area contributed by atoms with Crippen LogP contribution in [-0.2, 0) is 20.0 Å². The SMILES string of the molecule is Cn1nccc1CCNCc1cc(F)ccc1F. The zero-order valence-corrected chi connectivity index (χ0v) is 10.2. The summed E-state index contributed by atoms with van der Waals surface area (Å²) in [6.07, 6.45) is 2.54. The molecule has 1 heterocycles. The Morgan fingerprint density at radius 2 is 2.11 bits per heavy atom. The molecule has 1 aromatic heterocycles. The molecule has 1 N–H and O–H groups in total. The molecule has 96 valence electrons. The smallest absolute Gasteiger partial charge is 0.127 e. The van der Waals surface area contributed by atoms with Gasteiger partial charge in [-0.1, -0.05) is 0 Å². The van der Waals surface area contributed by atoms with Gasteiger partial charge in [0.2, 0.25) is 0 Å². The zero-order valence-electron chi connectivity index (χ0n) is 10.2. The lowest BCUT2D eigenvalue weighted by molar-refractivity contribution is 0.566. The van der Waals surface area contributed by atoms with Gasteiger partial charge in [-0.25, -0.2) is 8.78 Å². The number of benzene rings is 1. The third-order valence-corrected chi connectivity index (χ3v) is 2.80. The van der Waals surface area contributed by atoms with Gasteiger partial charge in [-0.3, -0.25) is 4.68 Å². The van der Waals surface area contributed by atoms with E-state index in [-0.39, 0.29) is 5.82 Å². The van der Waals surface area contributed by atoms with Gasteiger partial charge in [0.25, 0.3) is 0 Å². The van der Waals surface area contributed by atoms with Crippen molar-refractivity contribution < 1.29 is 8.78 Å². The Balaban J connectivity index is 1.82. The van der Waals surface area contributed by atoms with E-state index in [1.165, 1.54) is 6.07 Å². The predicted octanol–water partition coefficient (Wildman–Crippen LogP) is 2.03. The maximum Gasteiger partial charge on any atom is 0.127 e. The Morgan fingerprint density at radius 3 is 2.83 bits per heavy atom. The fraction of sp³-hybridized carbons (Fsp3) is 0.308. The average Bonchev–Trinajstić information content (AvgIpc) is 2.75. The Morgan fingerprint density at radius 1 is 1.28 bits per heavy atom. The van der Waals surface area contributed by atoms with Crippen LogP contribution in [0.15, 0.2) is 30.5 Å². The Kier molecular flexibility index (Phi) is 4.04. The lowest BCUT2D eigenvalue weighted by Crippen LogP contribution is -2.18. The van der Waals surface area contributed by atoms with E-state index in [2.05, 4.69) is 10.4 Å². The summed E-state index contributed by atoms with van der Waals surface area (Å²) in [5.41, 5.74) is 1.45. The molecule has 0 aliphatic rings. The van der Waals surface area contributed by atoms with Crippen LogP contribution in [0.3, 0.4) is 0 Å². The summed E-state index contributed by atoms with van der Waals surface area (Å²) in [7, 11) is 1.88. The molecule has 0 spiro atoms. The number of hydrogen-bond donors (Lipinski definition) is 1. The molecule has 0 saturated carbocycles. The molecular formula is C13H15F2N3. The highest BCUT2D eigenvalue weighted by Crippen LogP contribution is 2.09. The molecule has 0 amide bonds. The number of aryl methyl sites for hydroxylation is 1. The topological polar surface area (TPSA) is 29.9 Å². The van der Waals surface area contributed by atoms with Crippen molar-refractivity contribution in [2.75, 3.05) is 6.54 Å². The Hall–Kier alpha value is -1.75. The van der Waals surface area contributed by atoms with Crippen molar-refractivity contribution in [1.82, 2.24) is 15.1 Å². The van der Waals surface area contributed by atoms with E-state index >= 15 is 0 Å². The number of halogens is 2. The molecule has 0 aliphatic carbocycles. The number of rotatable bonds is 5. The maximum atomic E-state index is 13.3. The fourth-order valence-corrected chi connectivity index (χ4v) is 1.76. The minimum Gasteiger partial charge on any atom is -0.312 e. The van der Waals surface area contributed by atoms with Crippen molar-refractivity contribution in [2.24, 2.45) is 7.05 Å². The molecule has 2 aromatic rings. The van der Waals surface area contributed by atoms with E-state index in [4.69, 9.17) is 0 Å². The Labute approximate surface area is 104 Å². The molecule has 3 nitrogen and oxygen atoms in total. The summed E-state index contributed by atoms with van der Waals surface area (Å²) in [5, 5.41) is 7.15. The van der Waals surface area contributed by atoms with E-state index < -0.39 is 5.82 Å². The van der Waals surface area contributed by atoms with Crippen LogP contribution in [-0.4, -0.2) is 16.3 Å². The third kappa shape index (κ3) is 3.13. The molecule has 5 heteroatoms. The van der Waals surface area contributed by atoms with Crippen LogP contribution in [0, 0.1) is 11.6 Å². The third-order valence-electron chi connectivity index (χ3n) is 2.80. The zero-order chi connectivity index (χ0) is 13.0. The Bertz CT molecular complexity index is 523. The van der Waals surface area contributed by atoms with Gasteiger partial charge >= 0.3 is 0 Å². The first-order chi connectivity index (χ1) is 8.66. The second kappa shape index (κ2) is 5.73. The van der Waals surface area contributed by atoms with Crippen LogP contribution < -0.4 is 5.32 Å². The molecule has 0 bridgehead atoms. The highest BCUT2D eigenvalue weighted by molar-refractivity contribution is 5.18. The maximum absolute atomic E-state index is 13.3. The molecule has 1 aromatic carbocycles. The molecule has 0 unspecified atom stereocenters. The first-order valence-electron chi connectivity index (χ1n) is 5.78. The summed E-state index contributed by atoms with van der Waals surface area (Å²) in [6, 6.07) is 5.42. The number of hydrogen-bond acceptors (Lipinski definition) is 2. The molecule has 0 aliphatic heterocycles. The van der Waals surface area contributed by atoms with Crippen LogP contribution in [0.1, 0.15) is 11.3 Å². The summed E-state index contributed by atoms with van der Waals surface area (Å²) in [5.74, 6) is -0.802. The molecule has 2 rings (SSSR count). The van der Waals surface area contributed by atoms with E-state index in [1.54, 1.807) is 10.9 Å². The lowest BCUT2D eigenvalue weighted by atomic mass is 10.2. The van der Waals surface area contributed by atoms with Crippen molar-refractivity contribution in [3.05, 3.63) is 53.4 Å². The van der Waals surface area contributed by atoms with Crippen molar-refractivity contribution >= 4 is 0 Å². The van der Waals surface area contributed by atoms with Gasteiger partial charge in [-0.2, -0.15) is 5.10 Å². The number of aromatic nitrogens is 2. The minimum absolute atomic E-state index is 0.321. The summed E-state index contributed by atoms with van der Waals surface area (Å²) in [6.45, 7) is 1.01. The van der Waals surface area contributed by atoms with Crippen LogP contribution in [0.4, 0.5) is 8.78 Å². The van der Waals surface area contributed by atoms with E-state index in [0.29, 0.717) is 18.7 Å². The normalized spacial score (nSPS) is 10.8. The van der Waals surface area contributed by atoms with Crippen LogP contribution in [0.5, 0.6) is 0 Å². The largest absolute Gasteiger partial charge is 0.312 e. The molecular weight excluding hydrogens is 236 g/mol. The fourth-order valence-electron chi connectivity index (χ4n) is 1.76. The summed E-state index contributed by atoms with van der Waals surface area (Å²) in [4.78, 5) is 0.